The molecule has 0 saturated heterocycles. The van der Waals surface area contributed by atoms with Crippen molar-refractivity contribution in [2.75, 3.05) is 14.2 Å². The van der Waals surface area contributed by atoms with Crippen LogP contribution in [0.3, 0.4) is 0 Å². The lowest BCUT2D eigenvalue weighted by atomic mass is 10.2. The van der Waals surface area contributed by atoms with E-state index >= 15 is 0 Å². The van der Waals surface area contributed by atoms with Gasteiger partial charge in [0.05, 0.1) is 17.6 Å². The van der Waals surface area contributed by atoms with Crippen molar-refractivity contribution >= 4 is 16.0 Å². The Morgan fingerprint density at radius 1 is 1.42 bits per heavy atom. The van der Waals surface area contributed by atoms with Crippen molar-refractivity contribution in [2.45, 2.75) is 23.8 Å². The quantitative estimate of drug-likeness (QED) is 0.785. The van der Waals surface area contributed by atoms with E-state index in [1.54, 1.807) is 0 Å². The Hall–Kier alpha value is -1.47. The summed E-state index contributed by atoms with van der Waals surface area (Å²) in [6.07, 6.45) is 1.55. The average molecular weight is 287 g/mol. The lowest BCUT2D eigenvalue weighted by molar-refractivity contribution is 0.0596. The fourth-order valence-corrected chi connectivity index (χ4v) is 3.38. The Morgan fingerprint density at radius 3 is 2.58 bits per heavy atom. The van der Waals surface area contributed by atoms with Crippen LogP contribution in [0.1, 0.15) is 23.2 Å². The Kier molecular flexibility index (Phi) is 3.60. The molecule has 1 aromatic rings. The van der Waals surface area contributed by atoms with Gasteiger partial charge in [-0.05, 0) is 31.0 Å². The van der Waals surface area contributed by atoms with E-state index in [1.807, 2.05) is 0 Å². The molecular formula is C12H14FNO4S. The fraction of sp³-hybridized carbons (Fsp3) is 0.417. The third-order valence-corrected chi connectivity index (χ3v) is 5.02. The van der Waals surface area contributed by atoms with E-state index in [4.69, 9.17) is 0 Å². The molecule has 1 aromatic carbocycles. The van der Waals surface area contributed by atoms with Gasteiger partial charge in [-0.15, -0.1) is 0 Å². The minimum Gasteiger partial charge on any atom is -0.465 e. The highest BCUT2D eigenvalue weighted by Gasteiger charge is 2.37. The number of hydrogen-bond donors (Lipinski definition) is 0. The number of sulfonamides is 1. The summed E-state index contributed by atoms with van der Waals surface area (Å²) in [5, 5.41) is 0. The highest BCUT2D eigenvalue weighted by atomic mass is 32.2. The second-order valence-electron chi connectivity index (χ2n) is 4.38. The predicted octanol–water partition coefficient (Wildman–Crippen LogP) is 1.40. The molecule has 5 nitrogen and oxygen atoms in total. The van der Waals surface area contributed by atoms with Crippen molar-refractivity contribution in [1.82, 2.24) is 4.31 Å². The smallest absolute Gasteiger partial charge is 0.339 e. The first-order valence-corrected chi connectivity index (χ1v) is 7.18. The van der Waals surface area contributed by atoms with Gasteiger partial charge in [-0.1, -0.05) is 0 Å². The monoisotopic (exact) mass is 287 g/mol. The molecule has 0 aliphatic heterocycles. The number of nitrogens with zero attached hydrogens (tertiary/aromatic N) is 1. The SMILES string of the molecule is COC(=O)c1ccc(F)cc1S(=O)(=O)N(C)C1CC1. The summed E-state index contributed by atoms with van der Waals surface area (Å²) in [5.41, 5.74) is -0.156. The summed E-state index contributed by atoms with van der Waals surface area (Å²) in [7, 11) is -1.32. The number of benzene rings is 1. The molecule has 0 atom stereocenters. The van der Waals surface area contributed by atoms with Crippen molar-refractivity contribution in [3.8, 4) is 0 Å². The van der Waals surface area contributed by atoms with Crippen LogP contribution >= 0.6 is 0 Å². The van der Waals surface area contributed by atoms with Gasteiger partial charge in [-0.25, -0.2) is 17.6 Å². The van der Waals surface area contributed by atoms with E-state index in [2.05, 4.69) is 4.74 Å². The highest BCUT2D eigenvalue weighted by Crippen LogP contribution is 2.31. The maximum Gasteiger partial charge on any atom is 0.339 e. The number of rotatable bonds is 4. The average Bonchev–Trinajstić information content (AvgIpc) is 3.21. The second-order valence-corrected chi connectivity index (χ2v) is 6.35. The summed E-state index contributed by atoms with van der Waals surface area (Å²) < 4.78 is 43.7. The van der Waals surface area contributed by atoms with Crippen LogP contribution in [0.4, 0.5) is 4.39 Å². The zero-order chi connectivity index (χ0) is 14.2. The molecule has 0 heterocycles. The van der Waals surface area contributed by atoms with Crippen LogP contribution in [0.2, 0.25) is 0 Å². The van der Waals surface area contributed by atoms with Crippen LogP contribution in [-0.2, 0) is 14.8 Å². The maximum atomic E-state index is 13.3. The number of hydrogen-bond acceptors (Lipinski definition) is 4. The molecule has 7 heteroatoms. The Morgan fingerprint density at radius 2 is 2.05 bits per heavy atom. The molecular weight excluding hydrogens is 273 g/mol. The van der Waals surface area contributed by atoms with Gasteiger partial charge in [-0.2, -0.15) is 4.31 Å². The summed E-state index contributed by atoms with van der Waals surface area (Å²) >= 11 is 0. The number of methoxy groups -OCH3 is 1. The van der Waals surface area contributed by atoms with Gasteiger partial charge in [0.1, 0.15) is 5.82 Å². The molecule has 1 saturated carbocycles. The standard InChI is InChI=1S/C12H14FNO4S/c1-14(9-4-5-9)19(16,17)11-7-8(13)3-6-10(11)12(15)18-2/h3,6-7,9H,4-5H2,1-2H3. The molecule has 0 amide bonds. The van der Waals surface area contributed by atoms with E-state index in [-0.39, 0.29) is 16.5 Å². The van der Waals surface area contributed by atoms with Gasteiger partial charge in [0.25, 0.3) is 0 Å². The number of carbonyl (C=O) groups excluding carboxylic acids is 1. The second kappa shape index (κ2) is 4.90. The van der Waals surface area contributed by atoms with Gasteiger partial charge in [0.15, 0.2) is 0 Å². The Labute approximate surface area is 111 Å². The molecule has 1 aliphatic carbocycles. The van der Waals surface area contributed by atoms with E-state index in [0.717, 1.165) is 38.2 Å². The third-order valence-electron chi connectivity index (χ3n) is 3.07. The van der Waals surface area contributed by atoms with Crippen LogP contribution < -0.4 is 0 Å². The number of esters is 1. The minimum atomic E-state index is -3.89. The lowest BCUT2D eigenvalue weighted by Gasteiger charge is -2.18. The number of ether oxygens (including phenoxy) is 1. The zero-order valence-corrected chi connectivity index (χ0v) is 11.4. The van der Waals surface area contributed by atoms with E-state index in [9.17, 15) is 17.6 Å². The van der Waals surface area contributed by atoms with Gasteiger partial charge < -0.3 is 4.74 Å². The first-order chi connectivity index (χ1) is 8.87. The Balaban J connectivity index is 2.53. The topological polar surface area (TPSA) is 63.7 Å². The molecule has 19 heavy (non-hydrogen) atoms. The molecule has 2 rings (SSSR count). The highest BCUT2D eigenvalue weighted by molar-refractivity contribution is 7.89. The molecule has 1 aliphatic rings. The molecule has 0 radical (unpaired) electrons. The van der Waals surface area contributed by atoms with Crippen molar-refractivity contribution in [2.24, 2.45) is 0 Å². The van der Waals surface area contributed by atoms with Gasteiger partial charge >= 0.3 is 5.97 Å². The van der Waals surface area contributed by atoms with Crippen LogP contribution in [0.5, 0.6) is 0 Å². The molecule has 1 fully saturated rings. The van der Waals surface area contributed by atoms with E-state index in [0.29, 0.717) is 0 Å². The van der Waals surface area contributed by atoms with E-state index in [1.165, 1.54) is 11.4 Å². The summed E-state index contributed by atoms with van der Waals surface area (Å²) in [6, 6.07) is 2.93. The first kappa shape index (κ1) is 14.0. The van der Waals surface area contributed by atoms with Crippen molar-refractivity contribution in [3.05, 3.63) is 29.6 Å². The normalized spacial score (nSPS) is 15.6. The van der Waals surface area contributed by atoms with Crippen LogP contribution in [-0.4, -0.2) is 38.9 Å². The number of carbonyl (C=O) groups is 1. The van der Waals surface area contributed by atoms with Gasteiger partial charge in [-0.3, -0.25) is 0 Å². The number of halogens is 1. The molecule has 0 aromatic heterocycles. The Bertz CT molecular complexity index is 610. The maximum absolute atomic E-state index is 13.3. The summed E-state index contributed by atoms with van der Waals surface area (Å²) in [5.74, 6) is -1.52. The third kappa shape index (κ3) is 2.62. The fourth-order valence-electron chi connectivity index (χ4n) is 1.78. The molecule has 0 spiro atoms. The van der Waals surface area contributed by atoms with Crippen LogP contribution in [0.25, 0.3) is 0 Å². The summed E-state index contributed by atoms with van der Waals surface area (Å²) in [6.45, 7) is 0. The first-order valence-electron chi connectivity index (χ1n) is 5.74. The van der Waals surface area contributed by atoms with Gasteiger partial charge in [0, 0.05) is 13.1 Å². The molecule has 104 valence electrons. The van der Waals surface area contributed by atoms with Gasteiger partial charge in [0.2, 0.25) is 10.0 Å². The lowest BCUT2D eigenvalue weighted by Crippen LogP contribution is -2.30. The van der Waals surface area contributed by atoms with Crippen molar-refractivity contribution in [1.29, 1.82) is 0 Å². The summed E-state index contributed by atoms with van der Waals surface area (Å²) in [4.78, 5) is 11.2. The van der Waals surface area contributed by atoms with Crippen LogP contribution in [0.15, 0.2) is 23.1 Å². The predicted molar refractivity (Wildman–Crippen MR) is 65.7 cm³/mol. The van der Waals surface area contributed by atoms with E-state index < -0.39 is 21.8 Å². The minimum absolute atomic E-state index is 0.0706. The van der Waals surface area contributed by atoms with Crippen molar-refractivity contribution in [3.63, 3.8) is 0 Å². The van der Waals surface area contributed by atoms with Crippen LogP contribution in [0, 0.1) is 5.82 Å². The zero-order valence-electron chi connectivity index (χ0n) is 10.6. The van der Waals surface area contributed by atoms with Crippen molar-refractivity contribution < 1.29 is 22.3 Å². The largest absolute Gasteiger partial charge is 0.465 e. The molecule has 0 unspecified atom stereocenters. The molecule has 0 bridgehead atoms. The molecule has 0 N–H and O–H groups in total.